The molecule has 0 radical (unpaired) electrons. The Kier molecular flexibility index (Phi) is 6.87. The first kappa shape index (κ1) is 21.1. The largest absolute Gasteiger partial charge is 0.349 e. The molecular formula is C23H24N4O3. The average Bonchev–Trinajstić information content (AvgIpc) is 2.74. The number of aromatic nitrogens is 1. The Morgan fingerprint density at radius 1 is 1.03 bits per heavy atom. The smallest absolute Gasteiger partial charge is 0.313 e. The van der Waals surface area contributed by atoms with Crippen LogP contribution in [0.1, 0.15) is 28.0 Å². The molecule has 0 fully saturated rings. The number of ketones is 1. The third-order valence-electron chi connectivity index (χ3n) is 4.68. The van der Waals surface area contributed by atoms with Crippen LogP contribution >= 0.6 is 0 Å². The lowest BCUT2D eigenvalue weighted by Crippen LogP contribution is -2.14. The highest BCUT2D eigenvalue weighted by molar-refractivity contribution is 6.12. The molecule has 0 unspecified atom stereocenters. The summed E-state index contributed by atoms with van der Waals surface area (Å²) in [6.07, 6.45) is 2.81. The Bertz CT molecular complexity index is 1040. The van der Waals surface area contributed by atoms with Gasteiger partial charge in [0.2, 0.25) is 0 Å². The standard InChI is InChI=1S/C23H24N4O3/c1-26(2)16-8-13-20-22(27(29)30)21(14-15-24-20)25-19-12-7-6-11-18(19)23(28)17-9-4-3-5-10-17/h3-7,9-12,14-15H,8,13,16H2,1-2H3,(H,24,25). The minimum atomic E-state index is -0.415. The number of carbonyl (C=O) groups excluding carboxylic acids is 1. The number of aryl methyl sites for hydroxylation is 1. The minimum Gasteiger partial charge on any atom is -0.349 e. The lowest BCUT2D eigenvalue weighted by atomic mass is 10.0. The van der Waals surface area contributed by atoms with Gasteiger partial charge >= 0.3 is 5.69 Å². The Labute approximate surface area is 175 Å². The van der Waals surface area contributed by atoms with Gasteiger partial charge in [-0.15, -0.1) is 0 Å². The SMILES string of the molecule is CN(C)CCCc1nccc(Nc2ccccc2C(=O)c2ccccc2)c1[N+](=O)[O-]. The van der Waals surface area contributed by atoms with Crippen LogP contribution in [0.3, 0.4) is 0 Å². The molecule has 1 heterocycles. The quantitative estimate of drug-likeness (QED) is 0.322. The zero-order chi connectivity index (χ0) is 21.5. The predicted molar refractivity (Wildman–Crippen MR) is 117 cm³/mol. The summed E-state index contributed by atoms with van der Waals surface area (Å²) in [4.78, 5) is 30.6. The number of benzene rings is 2. The third-order valence-corrected chi connectivity index (χ3v) is 4.68. The lowest BCUT2D eigenvalue weighted by Gasteiger charge is -2.13. The number of hydrogen-bond acceptors (Lipinski definition) is 6. The molecule has 0 saturated heterocycles. The maximum atomic E-state index is 13.0. The van der Waals surface area contributed by atoms with Gasteiger partial charge < -0.3 is 10.2 Å². The van der Waals surface area contributed by atoms with Crippen molar-refractivity contribution in [1.82, 2.24) is 9.88 Å². The Morgan fingerprint density at radius 3 is 2.43 bits per heavy atom. The predicted octanol–water partition coefficient (Wildman–Crippen LogP) is 4.46. The highest BCUT2D eigenvalue weighted by Gasteiger charge is 2.22. The number of carbonyl (C=O) groups is 1. The van der Waals surface area contributed by atoms with Gasteiger partial charge in [0, 0.05) is 23.0 Å². The molecule has 7 heteroatoms. The van der Waals surface area contributed by atoms with Gasteiger partial charge in [-0.3, -0.25) is 19.9 Å². The molecule has 154 valence electrons. The molecule has 0 aliphatic heterocycles. The van der Waals surface area contributed by atoms with E-state index >= 15 is 0 Å². The van der Waals surface area contributed by atoms with E-state index in [1.54, 1.807) is 60.8 Å². The van der Waals surface area contributed by atoms with Crippen molar-refractivity contribution in [2.45, 2.75) is 12.8 Å². The second-order valence-electron chi connectivity index (χ2n) is 7.18. The summed E-state index contributed by atoms with van der Waals surface area (Å²) in [6.45, 7) is 0.810. The molecule has 1 aromatic heterocycles. The van der Waals surface area contributed by atoms with Gasteiger partial charge in [0.05, 0.1) is 4.92 Å². The van der Waals surface area contributed by atoms with E-state index < -0.39 is 4.92 Å². The molecule has 2 aromatic carbocycles. The number of nitrogens with one attached hydrogen (secondary N) is 1. The van der Waals surface area contributed by atoms with Crippen molar-refractivity contribution in [2.24, 2.45) is 0 Å². The number of para-hydroxylation sites is 1. The van der Waals surface area contributed by atoms with Crippen molar-refractivity contribution in [3.63, 3.8) is 0 Å². The fraction of sp³-hybridized carbons (Fsp3) is 0.217. The summed E-state index contributed by atoms with van der Waals surface area (Å²) in [5.41, 5.74) is 2.21. The maximum Gasteiger partial charge on any atom is 0.313 e. The van der Waals surface area contributed by atoms with Gasteiger partial charge in [-0.25, -0.2) is 0 Å². The van der Waals surface area contributed by atoms with Crippen LogP contribution in [0.25, 0.3) is 0 Å². The van der Waals surface area contributed by atoms with Crippen LogP contribution in [0.15, 0.2) is 66.9 Å². The van der Waals surface area contributed by atoms with Crippen molar-refractivity contribution in [2.75, 3.05) is 26.0 Å². The van der Waals surface area contributed by atoms with Crippen LogP contribution in [-0.4, -0.2) is 41.2 Å². The van der Waals surface area contributed by atoms with Crippen molar-refractivity contribution < 1.29 is 9.72 Å². The normalized spacial score (nSPS) is 10.8. The number of rotatable bonds is 9. The first-order valence-electron chi connectivity index (χ1n) is 9.70. The molecule has 0 atom stereocenters. The highest BCUT2D eigenvalue weighted by Crippen LogP contribution is 2.32. The van der Waals surface area contributed by atoms with Gasteiger partial charge in [-0.05, 0) is 51.7 Å². The van der Waals surface area contributed by atoms with Crippen LogP contribution in [0.5, 0.6) is 0 Å². The molecule has 1 N–H and O–H groups in total. The number of nitro groups is 1. The van der Waals surface area contributed by atoms with E-state index in [0.717, 1.165) is 13.0 Å². The van der Waals surface area contributed by atoms with Gasteiger partial charge in [0.25, 0.3) is 0 Å². The molecule has 0 aliphatic rings. The van der Waals surface area contributed by atoms with Gasteiger partial charge in [-0.2, -0.15) is 0 Å². The van der Waals surface area contributed by atoms with Crippen molar-refractivity contribution in [1.29, 1.82) is 0 Å². The molecule has 30 heavy (non-hydrogen) atoms. The van der Waals surface area contributed by atoms with Crippen molar-refractivity contribution in [3.8, 4) is 0 Å². The zero-order valence-electron chi connectivity index (χ0n) is 17.0. The minimum absolute atomic E-state index is 0.0572. The zero-order valence-corrected chi connectivity index (χ0v) is 17.0. The second kappa shape index (κ2) is 9.76. The van der Waals surface area contributed by atoms with E-state index in [0.29, 0.717) is 34.6 Å². The third kappa shape index (κ3) is 5.07. The molecule has 3 rings (SSSR count). The number of anilines is 2. The lowest BCUT2D eigenvalue weighted by molar-refractivity contribution is -0.385. The van der Waals surface area contributed by atoms with Gasteiger partial charge in [0.15, 0.2) is 5.78 Å². The summed E-state index contributed by atoms with van der Waals surface area (Å²) in [6, 6.07) is 17.5. The Hall–Kier alpha value is -3.58. The summed E-state index contributed by atoms with van der Waals surface area (Å²) in [5.74, 6) is -0.151. The van der Waals surface area contributed by atoms with Gasteiger partial charge in [0.1, 0.15) is 11.4 Å². The number of hydrogen-bond donors (Lipinski definition) is 1. The molecule has 0 saturated carbocycles. The van der Waals surface area contributed by atoms with Crippen LogP contribution < -0.4 is 5.32 Å². The van der Waals surface area contributed by atoms with Crippen LogP contribution in [0.2, 0.25) is 0 Å². The Balaban J connectivity index is 1.93. The molecule has 0 amide bonds. The first-order valence-corrected chi connectivity index (χ1v) is 9.70. The van der Waals surface area contributed by atoms with E-state index in [1.165, 1.54) is 0 Å². The summed E-state index contributed by atoms with van der Waals surface area (Å²) in [7, 11) is 3.92. The fourth-order valence-electron chi connectivity index (χ4n) is 3.23. The van der Waals surface area contributed by atoms with Crippen LogP contribution in [0, 0.1) is 10.1 Å². The molecule has 7 nitrogen and oxygen atoms in total. The average molecular weight is 404 g/mol. The monoisotopic (exact) mass is 404 g/mol. The number of pyridine rings is 1. The van der Waals surface area contributed by atoms with E-state index in [-0.39, 0.29) is 11.5 Å². The molecule has 3 aromatic rings. The van der Waals surface area contributed by atoms with Crippen LogP contribution in [0.4, 0.5) is 17.1 Å². The molecular weight excluding hydrogens is 380 g/mol. The van der Waals surface area contributed by atoms with E-state index in [9.17, 15) is 14.9 Å². The summed E-state index contributed by atoms with van der Waals surface area (Å²) >= 11 is 0. The van der Waals surface area contributed by atoms with Crippen molar-refractivity contribution in [3.05, 3.63) is 93.8 Å². The summed E-state index contributed by atoms with van der Waals surface area (Å²) in [5, 5.41) is 14.9. The maximum absolute atomic E-state index is 13.0. The second-order valence-corrected chi connectivity index (χ2v) is 7.18. The van der Waals surface area contributed by atoms with E-state index in [4.69, 9.17) is 0 Å². The molecule has 0 spiro atoms. The summed E-state index contributed by atoms with van der Waals surface area (Å²) < 4.78 is 0. The van der Waals surface area contributed by atoms with E-state index in [1.807, 2.05) is 25.1 Å². The highest BCUT2D eigenvalue weighted by atomic mass is 16.6. The van der Waals surface area contributed by atoms with Crippen LogP contribution in [-0.2, 0) is 6.42 Å². The molecule has 0 bridgehead atoms. The van der Waals surface area contributed by atoms with Crippen molar-refractivity contribution >= 4 is 22.8 Å². The fourth-order valence-corrected chi connectivity index (χ4v) is 3.23. The topological polar surface area (TPSA) is 88.4 Å². The first-order chi connectivity index (χ1) is 14.5. The van der Waals surface area contributed by atoms with Gasteiger partial charge in [-0.1, -0.05) is 42.5 Å². The molecule has 0 aliphatic carbocycles. The number of nitrogens with zero attached hydrogens (tertiary/aromatic N) is 3. The van der Waals surface area contributed by atoms with E-state index in [2.05, 4.69) is 10.3 Å². The Morgan fingerprint density at radius 2 is 1.73 bits per heavy atom.